The lowest BCUT2D eigenvalue weighted by Crippen LogP contribution is -1.97. The molecule has 18 heavy (non-hydrogen) atoms. The summed E-state index contributed by atoms with van der Waals surface area (Å²) in [5, 5.41) is 1.21. The van der Waals surface area contributed by atoms with Crippen molar-refractivity contribution >= 4 is 43.3 Å². The molecule has 0 aliphatic carbocycles. The number of hydrogen-bond acceptors (Lipinski definition) is 4. The molecule has 2 N–H and O–H groups in total. The van der Waals surface area contributed by atoms with Gasteiger partial charge in [0.15, 0.2) is 0 Å². The lowest BCUT2D eigenvalue weighted by atomic mass is 10.2. The second kappa shape index (κ2) is 4.33. The molecule has 0 aliphatic rings. The molecule has 0 amide bonds. The van der Waals surface area contributed by atoms with Gasteiger partial charge in [-0.3, -0.25) is 0 Å². The van der Waals surface area contributed by atoms with Gasteiger partial charge in [-0.1, -0.05) is 12.1 Å². The maximum absolute atomic E-state index is 5.66. The van der Waals surface area contributed by atoms with Crippen LogP contribution in [0.1, 0.15) is 5.56 Å². The van der Waals surface area contributed by atoms with Crippen molar-refractivity contribution in [1.82, 2.24) is 9.97 Å². The first-order valence-electron chi connectivity index (χ1n) is 5.42. The Balaban J connectivity index is 2.26. The summed E-state index contributed by atoms with van der Waals surface area (Å²) < 4.78 is 2.33. The van der Waals surface area contributed by atoms with Crippen LogP contribution in [0.25, 0.3) is 20.7 Å². The van der Waals surface area contributed by atoms with E-state index in [2.05, 4.69) is 38.0 Å². The van der Waals surface area contributed by atoms with Gasteiger partial charge in [0.1, 0.15) is 0 Å². The van der Waals surface area contributed by atoms with Crippen LogP contribution in [-0.2, 0) is 0 Å². The minimum atomic E-state index is 0.312. The molecule has 0 atom stereocenters. The van der Waals surface area contributed by atoms with Crippen LogP contribution in [0, 0.1) is 6.92 Å². The van der Waals surface area contributed by atoms with Crippen molar-refractivity contribution in [2.24, 2.45) is 0 Å². The number of hydrogen-bond donors (Lipinski definition) is 1. The van der Waals surface area contributed by atoms with Crippen LogP contribution in [0.4, 0.5) is 5.95 Å². The maximum Gasteiger partial charge on any atom is 0.220 e. The maximum atomic E-state index is 5.66. The largest absolute Gasteiger partial charge is 0.368 e. The average molecular weight is 320 g/mol. The fourth-order valence-electron chi connectivity index (χ4n) is 1.85. The average Bonchev–Trinajstić information content (AvgIpc) is 2.77. The van der Waals surface area contributed by atoms with E-state index < -0.39 is 0 Å². The van der Waals surface area contributed by atoms with Crippen LogP contribution >= 0.6 is 27.3 Å². The summed E-state index contributed by atoms with van der Waals surface area (Å²) in [5.74, 6) is 0.312. The number of anilines is 1. The predicted octanol–water partition coefficient (Wildman–Crippen LogP) is 4.01. The molecule has 2 aromatic heterocycles. The van der Waals surface area contributed by atoms with Gasteiger partial charge in [-0.2, -0.15) is 0 Å². The summed E-state index contributed by atoms with van der Waals surface area (Å²) in [6, 6.07) is 8.31. The number of nitrogens with two attached hydrogens (primary N) is 1. The molecule has 0 unspecified atom stereocenters. The minimum Gasteiger partial charge on any atom is -0.368 e. The molecule has 1 aromatic carbocycles. The van der Waals surface area contributed by atoms with Gasteiger partial charge >= 0.3 is 0 Å². The molecule has 3 nitrogen and oxygen atoms in total. The van der Waals surface area contributed by atoms with Gasteiger partial charge in [-0.15, -0.1) is 11.3 Å². The fourth-order valence-corrected chi connectivity index (χ4v) is 3.59. The van der Waals surface area contributed by atoms with Gasteiger partial charge in [0.05, 0.1) is 10.6 Å². The second-order valence-electron chi connectivity index (χ2n) is 4.03. The van der Waals surface area contributed by atoms with Gasteiger partial charge in [-0.25, -0.2) is 9.97 Å². The third kappa shape index (κ3) is 1.89. The smallest absolute Gasteiger partial charge is 0.220 e. The van der Waals surface area contributed by atoms with E-state index in [1.54, 1.807) is 17.5 Å². The van der Waals surface area contributed by atoms with E-state index in [1.165, 1.54) is 10.1 Å². The van der Waals surface area contributed by atoms with Crippen molar-refractivity contribution in [3.63, 3.8) is 0 Å². The fraction of sp³-hybridized carbons (Fsp3) is 0.0769. The Hall–Kier alpha value is -1.46. The summed E-state index contributed by atoms with van der Waals surface area (Å²) in [6.07, 6.45) is 1.76. The number of aryl methyl sites for hydroxylation is 1. The zero-order chi connectivity index (χ0) is 12.7. The highest BCUT2D eigenvalue weighted by molar-refractivity contribution is 9.10. The van der Waals surface area contributed by atoms with Gasteiger partial charge in [0.2, 0.25) is 5.95 Å². The minimum absolute atomic E-state index is 0.312. The number of fused-ring (bicyclic) bond motifs is 1. The monoisotopic (exact) mass is 319 g/mol. The molecule has 3 aromatic rings. The van der Waals surface area contributed by atoms with Crippen molar-refractivity contribution in [3.8, 4) is 10.6 Å². The van der Waals surface area contributed by atoms with Gasteiger partial charge in [0.25, 0.3) is 0 Å². The Morgan fingerprint density at radius 2 is 2.17 bits per heavy atom. The molecule has 90 valence electrons. The number of nitrogen functional groups attached to an aromatic ring is 1. The van der Waals surface area contributed by atoms with Crippen LogP contribution in [0.5, 0.6) is 0 Å². The van der Waals surface area contributed by atoms with E-state index in [9.17, 15) is 0 Å². The Bertz CT molecular complexity index is 736. The Labute approximate surface area is 117 Å². The Morgan fingerprint density at radius 1 is 1.33 bits per heavy atom. The number of thiophene rings is 1. The topological polar surface area (TPSA) is 51.8 Å². The second-order valence-corrected chi connectivity index (χ2v) is 5.94. The highest BCUT2D eigenvalue weighted by atomic mass is 79.9. The Morgan fingerprint density at radius 3 is 2.94 bits per heavy atom. The normalized spacial score (nSPS) is 11.0. The molecule has 5 heteroatoms. The number of aromatic nitrogens is 2. The first kappa shape index (κ1) is 11.6. The molecule has 0 radical (unpaired) electrons. The summed E-state index contributed by atoms with van der Waals surface area (Å²) in [4.78, 5) is 9.44. The molecular weight excluding hydrogens is 310 g/mol. The van der Waals surface area contributed by atoms with Gasteiger partial charge in [0, 0.05) is 15.4 Å². The zero-order valence-electron chi connectivity index (χ0n) is 9.64. The van der Waals surface area contributed by atoms with Crippen molar-refractivity contribution in [2.75, 3.05) is 5.73 Å². The van der Waals surface area contributed by atoms with E-state index in [4.69, 9.17) is 5.73 Å². The quantitative estimate of drug-likeness (QED) is 0.737. The first-order chi connectivity index (χ1) is 8.65. The lowest BCUT2D eigenvalue weighted by molar-refractivity contribution is 1.16. The molecule has 2 heterocycles. The molecule has 0 saturated heterocycles. The molecule has 0 spiro atoms. The van der Waals surface area contributed by atoms with E-state index in [-0.39, 0.29) is 0 Å². The summed E-state index contributed by atoms with van der Waals surface area (Å²) in [7, 11) is 0. The molecular formula is C13H10BrN3S. The van der Waals surface area contributed by atoms with Crippen LogP contribution < -0.4 is 5.73 Å². The van der Waals surface area contributed by atoms with Crippen LogP contribution in [0.3, 0.4) is 0 Å². The standard InChI is InChI=1S/C13H10BrN3S/c1-7-6-16-13(15)17-11(7)10-5-8-3-2-4-9(14)12(8)18-10/h2-6H,1H3,(H2,15,16,17). The van der Waals surface area contributed by atoms with E-state index in [0.29, 0.717) is 5.95 Å². The SMILES string of the molecule is Cc1cnc(N)nc1-c1cc2cccc(Br)c2s1. The van der Waals surface area contributed by atoms with Crippen molar-refractivity contribution < 1.29 is 0 Å². The van der Waals surface area contributed by atoms with Crippen LogP contribution in [0.2, 0.25) is 0 Å². The number of rotatable bonds is 1. The molecule has 0 aliphatic heterocycles. The van der Waals surface area contributed by atoms with Crippen molar-refractivity contribution in [1.29, 1.82) is 0 Å². The number of benzene rings is 1. The zero-order valence-corrected chi connectivity index (χ0v) is 12.0. The van der Waals surface area contributed by atoms with Crippen molar-refractivity contribution in [3.05, 3.63) is 40.5 Å². The summed E-state index contributed by atoms with van der Waals surface area (Å²) >= 11 is 5.28. The van der Waals surface area contributed by atoms with Crippen LogP contribution in [-0.4, -0.2) is 9.97 Å². The van der Waals surface area contributed by atoms with Crippen LogP contribution in [0.15, 0.2) is 34.9 Å². The number of halogens is 1. The third-order valence-corrected chi connectivity index (χ3v) is 4.83. The highest BCUT2D eigenvalue weighted by Crippen LogP contribution is 2.37. The number of nitrogens with zero attached hydrogens (tertiary/aromatic N) is 2. The predicted molar refractivity (Wildman–Crippen MR) is 79.7 cm³/mol. The summed E-state index contributed by atoms with van der Waals surface area (Å²) in [5.41, 5.74) is 7.61. The van der Waals surface area contributed by atoms with E-state index in [1.807, 2.05) is 19.1 Å². The highest BCUT2D eigenvalue weighted by Gasteiger charge is 2.10. The van der Waals surface area contributed by atoms with Gasteiger partial charge in [-0.05, 0) is 45.9 Å². The molecule has 0 bridgehead atoms. The van der Waals surface area contributed by atoms with E-state index >= 15 is 0 Å². The lowest BCUT2D eigenvalue weighted by Gasteiger charge is -2.01. The first-order valence-corrected chi connectivity index (χ1v) is 7.03. The third-order valence-electron chi connectivity index (χ3n) is 2.72. The molecule has 0 saturated carbocycles. The summed E-state index contributed by atoms with van der Waals surface area (Å²) in [6.45, 7) is 1.99. The Kier molecular flexibility index (Phi) is 2.80. The molecule has 3 rings (SSSR count). The van der Waals surface area contributed by atoms with E-state index in [0.717, 1.165) is 20.6 Å². The van der Waals surface area contributed by atoms with Crippen molar-refractivity contribution in [2.45, 2.75) is 6.92 Å². The van der Waals surface area contributed by atoms with Gasteiger partial charge < -0.3 is 5.73 Å². The molecule has 0 fully saturated rings.